The first-order chi connectivity index (χ1) is 7.62. The molecule has 1 saturated heterocycles. The van der Waals surface area contributed by atoms with Crippen molar-refractivity contribution in [3.63, 3.8) is 0 Å². The van der Waals surface area contributed by atoms with E-state index in [1.54, 1.807) is 11.8 Å². The highest BCUT2D eigenvalue weighted by Gasteiger charge is 2.43. The molecule has 1 saturated carbocycles. The minimum atomic E-state index is -1.06. The Morgan fingerprint density at radius 3 is 2.56 bits per heavy atom. The van der Waals surface area contributed by atoms with Gasteiger partial charge in [0, 0.05) is 11.8 Å². The van der Waals surface area contributed by atoms with Crippen LogP contribution in [0.1, 0.15) is 25.7 Å². The monoisotopic (exact) mass is 244 g/mol. The molecule has 0 spiro atoms. The third-order valence-electron chi connectivity index (χ3n) is 3.22. The highest BCUT2D eigenvalue weighted by Crippen LogP contribution is 2.28. The number of amides is 2. The number of thioether (sulfide) groups is 1. The molecule has 0 radical (unpaired) electrons. The van der Waals surface area contributed by atoms with Gasteiger partial charge in [0.05, 0.1) is 0 Å². The van der Waals surface area contributed by atoms with Crippen molar-refractivity contribution in [1.29, 1.82) is 0 Å². The molecule has 2 fully saturated rings. The Morgan fingerprint density at radius 1 is 1.38 bits per heavy atom. The topological polar surface area (TPSA) is 78.4 Å². The molecule has 0 aromatic carbocycles. The van der Waals surface area contributed by atoms with Crippen molar-refractivity contribution >= 4 is 23.8 Å². The maximum Gasteiger partial charge on any atom is 0.330 e. The molecule has 1 atom stereocenters. The van der Waals surface area contributed by atoms with E-state index in [0.717, 1.165) is 25.0 Å². The van der Waals surface area contributed by atoms with E-state index in [1.165, 1.54) is 0 Å². The number of nitrogens with one attached hydrogen (secondary N) is 2. The fourth-order valence-electron chi connectivity index (χ4n) is 1.88. The zero-order chi connectivity index (χ0) is 11.6. The first kappa shape index (κ1) is 11.6. The van der Waals surface area contributed by atoms with Gasteiger partial charge < -0.3 is 15.7 Å². The summed E-state index contributed by atoms with van der Waals surface area (Å²) in [6.45, 7) is 0. The predicted octanol–water partition coefficient (Wildman–Crippen LogP) is 0.798. The molecule has 1 heterocycles. The Bertz CT molecular complexity index is 298. The molecule has 1 aliphatic carbocycles. The molecule has 1 unspecified atom stereocenters. The molecule has 5 nitrogen and oxygen atoms in total. The van der Waals surface area contributed by atoms with E-state index < -0.39 is 11.5 Å². The molecule has 3 N–H and O–H groups in total. The Balaban J connectivity index is 1.89. The van der Waals surface area contributed by atoms with Crippen LogP contribution in [0.4, 0.5) is 4.79 Å². The second kappa shape index (κ2) is 4.53. The van der Waals surface area contributed by atoms with Gasteiger partial charge in [-0.3, -0.25) is 0 Å². The van der Waals surface area contributed by atoms with Crippen LogP contribution < -0.4 is 10.6 Å². The van der Waals surface area contributed by atoms with Crippen molar-refractivity contribution < 1.29 is 14.7 Å². The lowest BCUT2D eigenvalue weighted by Gasteiger charge is -2.30. The standard InChI is InChI=1S/C10H16N2O3S/c13-8(14)10(4-5-16-6-10)12-9(15)11-7-2-1-3-7/h7H,1-6H2,(H,13,14)(H2,11,12,15). The fraction of sp³-hybridized carbons (Fsp3) is 0.800. The van der Waals surface area contributed by atoms with E-state index in [2.05, 4.69) is 10.6 Å². The number of urea groups is 1. The average Bonchev–Trinajstić information content (AvgIpc) is 2.61. The van der Waals surface area contributed by atoms with Crippen molar-refractivity contribution in [3.05, 3.63) is 0 Å². The van der Waals surface area contributed by atoms with Crippen LogP contribution in [0.3, 0.4) is 0 Å². The van der Waals surface area contributed by atoms with Gasteiger partial charge in [0.25, 0.3) is 0 Å². The van der Waals surface area contributed by atoms with Gasteiger partial charge in [-0.2, -0.15) is 11.8 Å². The van der Waals surface area contributed by atoms with Crippen molar-refractivity contribution in [2.24, 2.45) is 0 Å². The fourth-order valence-corrected chi connectivity index (χ4v) is 3.20. The van der Waals surface area contributed by atoms with Crippen LogP contribution in [0.25, 0.3) is 0 Å². The van der Waals surface area contributed by atoms with Crippen molar-refractivity contribution in [2.75, 3.05) is 11.5 Å². The summed E-state index contributed by atoms with van der Waals surface area (Å²) in [5, 5.41) is 14.6. The molecule has 2 rings (SSSR count). The lowest BCUT2D eigenvalue weighted by atomic mass is 9.93. The third-order valence-corrected chi connectivity index (χ3v) is 4.41. The van der Waals surface area contributed by atoms with E-state index in [1.807, 2.05) is 0 Å². The van der Waals surface area contributed by atoms with Crippen LogP contribution in [0.15, 0.2) is 0 Å². The number of carbonyl (C=O) groups excluding carboxylic acids is 1. The van der Waals surface area contributed by atoms with Crippen molar-refractivity contribution in [3.8, 4) is 0 Å². The summed E-state index contributed by atoms with van der Waals surface area (Å²) in [7, 11) is 0. The summed E-state index contributed by atoms with van der Waals surface area (Å²) in [4.78, 5) is 22.8. The number of hydrogen-bond acceptors (Lipinski definition) is 3. The lowest BCUT2D eigenvalue weighted by Crippen LogP contribution is -2.59. The molecule has 1 aliphatic heterocycles. The summed E-state index contributed by atoms with van der Waals surface area (Å²) >= 11 is 1.57. The number of aliphatic carboxylic acids is 1. The number of carboxylic acids is 1. The number of rotatable bonds is 3. The first-order valence-corrected chi connectivity index (χ1v) is 6.68. The molecule has 0 aromatic rings. The minimum absolute atomic E-state index is 0.236. The summed E-state index contributed by atoms with van der Waals surface area (Å²) in [5.41, 5.74) is -1.06. The van der Waals surface area contributed by atoms with Gasteiger partial charge in [0.1, 0.15) is 5.54 Å². The van der Waals surface area contributed by atoms with E-state index >= 15 is 0 Å². The van der Waals surface area contributed by atoms with Crippen molar-refractivity contribution in [2.45, 2.75) is 37.3 Å². The highest BCUT2D eigenvalue weighted by molar-refractivity contribution is 7.99. The summed E-state index contributed by atoms with van der Waals surface area (Å²) in [5.74, 6) is 0.317. The van der Waals surface area contributed by atoms with Gasteiger partial charge in [0.15, 0.2) is 0 Å². The molecular formula is C10H16N2O3S. The summed E-state index contributed by atoms with van der Waals surface area (Å²) in [6, 6.07) is -0.102. The largest absolute Gasteiger partial charge is 0.479 e. The van der Waals surface area contributed by atoms with Crippen LogP contribution in [-0.4, -0.2) is 40.2 Å². The average molecular weight is 244 g/mol. The van der Waals surface area contributed by atoms with E-state index in [-0.39, 0.29) is 12.1 Å². The second-order valence-electron chi connectivity index (χ2n) is 4.42. The van der Waals surface area contributed by atoms with E-state index in [4.69, 9.17) is 5.11 Å². The van der Waals surface area contributed by atoms with E-state index in [0.29, 0.717) is 12.2 Å². The zero-order valence-electron chi connectivity index (χ0n) is 8.99. The third kappa shape index (κ3) is 2.26. The Kier molecular flexibility index (Phi) is 3.28. The number of carboxylic acid groups (broad SMARTS) is 1. The van der Waals surface area contributed by atoms with Crippen LogP contribution in [0, 0.1) is 0 Å². The number of carbonyl (C=O) groups is 2. The smallest absolute Gasteiger partial charge is 0.330 e. The van der Waals surface area contributed by atoms with E-state index in [9.17, 15) is 9.59 Å². The Hall–Kier alpha value is -0.910. The molecule has 0 aromatic heterocycles. The Labute approximate surface area is 98.4 Å². The van der Waals surface area contributed by atoms with Gasteiger partial charge in [-0.1, -0.05) is 0 Å². The van der Waals surface area contributed by atoms with Gasteiger partial charge in [-0.25, -0.2) is 9.59 Å². The van der Waals surface area contributed by atoms with Crippen LogP contribution >= 0.6 is 11.8 Å². The molecule has 2 aliphatic rings. The predicted molar refractivity (Wildman–Crippen MR) is 61.6 cm³/mol. The molecular weight excluding hydrogens is 228 g/mol. The zero-order valence-corrected chi connectivity index (χ0v) is 9.81. The number of hydrogen-bond donors (Lipinski definition) is 3. The maximum absolute atomic E-state index is 11.6. The second-order valence-corrected chi connectivity index (χ2v) is 5.52. The lowest BCUT2D eigenvalue weighted by molar-refractivity contribution is -0.143. The molecule has 16 heavy (non-hydrogen) atoms. The molecule has 2 amide bonds. The Morgan fingerprint density at radius 2 is 2.12 bits per heavy atom. The quantitative estimate of drug-likeness (QED) is 0.686. The SMILES string of the molecule is O=C(NC1CCC1)NC1(C(=O)O)CCSC1. The molecule has 0 bridgehead atoms. The molecule has 6 heteroatoms. The van der Waals surface area contributed by atoms with Crippen molar-refractivity contribution in [1.82, 2.24) is 10.6 Å². The van der Waals surface area contributed by atoms with Crippen LogP contribution in [0.5, 0.6) is 0 Å². The normalized spacial score (nSPS) is 29.5. The van der Waals surface area contributed by atoms with Gasteiger partial charge in [-0.05, 0) is 31.4 Å². The summed E-state index contributed by atoms with van der Waals surface area (Å²) < 4.78 is 0. The van der Waals surface area contributed by atoms with Crippen LogP contribution in [0.2, 0.25) is 0 Å². The van der Waals surface area contributed by atoms with Gasteiger partial charge in [-0.15, -0.1) is 0 Å². The highest BCUT2D eigenvalue weighted by atomic mass is 32.2. The van der Waals surface area contributed by atoms with Gasteiger partial charge in [0.2, 0.25) is 0 Å². The minimum Gasteiger partial charge on any atom is -0.479 e. The van der Waals surface area contributed by atoms with Crippen LogP contribution in [-0.2, 0) is 4.79 Å². The first-order valence-electron chi connectivity index (χ1n) is 5.52. The summed E-state index contributed by atoms with van der Waals surface area (Å²) in [6.07, 6.45) is 3.65. The maximum atomic E-state index is 11.6. The molecule has 90 valence electrons. The van der Waals surface area contributed by atoms with Gasteiger partial charge >= 0.3 is 12.0 Å².